The van der Waals surface area contributed by atoms with Crippen molar-refractivity contribution in [1.82, 2.24) is 15.1 Å². The Morgan fingerprint density at radius 2 is 2.10 bits per heavy atom. The zero-order valence-electron chi connectivity index (χ0n) is 11.6. The van der Waals surface area contributed by atoms with Crippen LogP contribution in [0.2, 0.25) is 5.02 Å². The standard InChI is InChI=1S/C14H17ClN4O2/c1-16-9-14(21)17-13-8-12(18-19(13)6-7-20)10-2-4-11(15)5-3-10/h2-5,8,16,20H,6-7,9H2,1H3,(H,17,21). The molecule has 0 fully saturated rings. The van der Waals surface area contributed by atoms with Crippen LogP contribution in [0.4, 0.5) is 5.82 Å². The van der Waals surface area contributed by atoms with Crippen LogP contribution in [0.15, 0.2) is 30.3 Å². The molecule has 0 saturated carbocycles. The van der Waals surface area contributed by atoms with Crippen molar-refractivity contribution in [2.45, 2.75) is 6.54 Å². The Bertz CT molecular complexity index is 610. The van der Waals surface area contributed by atoms with Crippen LogP contribution in [0, 0.1) is 0 Å². The Morgan fingerprint density at radius 3 is 2.71 bits per heavy atom. The molecule has 0 bridgehead atoms. The second-order valence-electron chi connectivity index (χ2n) is 4.45. The molecule has 2 rings (SSSR count). The largest absolute Gasteiger partial charge is 0.394 e. The maximum absolute atomic E-state index is 11.7. The number of hydrogen-bond donors (Lipinski definition) is 3. The highest BCUT2D eigenvalue weighted by molar-refractivity contribution is 6.30. The summed E-state index contributed by atoms with van der Waals surface area (Å²) in [5.74, 6) is 0.383. The van der Waals surface area contributed by atoms with E-state index < -0.39 is 0 Å². The minimum atomic E-state index is -0.167. The molecule has 0 unspecified atom stereocenters. The molecule has 112 valence electrons. The summed E-state index contributed by atoms with van der Waals surface area (Å²) in [6, 6.07) is 9.04. The molecule has 1 aromatic carbocycles. The highest BCUT2D eigenvalue weighted by Crippen LogP contribution is 2.23. The molecule has 0 saturated heterocycles. The number of aliphatic hydroxyl groups is 1. The first-order valence-corrected chi connectivity index (χ1v) is 6.91. The summed E-state index contributed by atoms with van der Waals surface area (Å²) >= 11 is 5.87. The molecular weight excluding hydrogens is 292 g/mol. The molecule has 0 spiro atoms. The number of likely N-dealkylation sites (N-methyl/N-ethyl adjacent to an activating group) is 1. The quantitative estimate of drug-likeness (QED) is 0.753. The molecule has 1 amide bonds. The molecule has 3 N–H and O–H groups in total. The van der Waals surface area contributed by atoms with Crippen LogP contribution < -0.4 is 10.6 Å². The molecule has 0 aliphatic rings. The third-order valence-corrected chi connectivity index (χ3v) is 3.09. The highest BCUT2D eigenvalue weighted by Gasteiger charge is 2.11. The lowest BCUT2D eigenvalue weighted by Crippen LogP contribution is -2.26. The lowest BCUT2D eigenvalue weighted by atomic mass is 10.1. The first kappa shape index (κ1) is 15.5. The van der Waals surface area contributed by atoms with Gasteiger partial charge < -0.3 is 15.7 Å². The van der Waals surface area contributed by atoms with E-state index in [0.717, 1.165) is 5.56 Å². The van der Waals surface area contributed by atoms with Crippen molar-refractivity contribution < 1.29 is 9.90 Å². The number of anilines is 1. The third-order valence-electron chi connectivity index (χ3n) is 2.84. The summed E-state index contributed by atoms with van der Waals surface area (Å²) < 4.78 is 1.57. The van der Waals surface area contributed by atoms with Gasteiger partial charge in [0.25, 0.3) is 0 Å². The van der Waals surface area contributed by atoms with E-state index in [4.69, 9.17) is 16.7 Å². The molecule has 2 aromatic rings. The first-order valence-electron chi connectivity index (χ1n) is 6.53. The fourth-order valence-electron chi connectivity index (χ4n) is 1.89. The monoisotopic (exact) mass is 308 g/mol. The van der Waals surface area contributed by atoms with Crippen molar-refractivity contribution >= 4 is 23.3 Å². The van der Waals surface area contributed by atoms with Crippen LogP contribution in [0.5, 0.6) is 0 Å². The summed E-state index contributed by atoms with van der Waals surface area (Å²) in [6.45, 7) is 0.458. The average molecular weight is 309 g/mol. The van der Waals surface area contributed by atoms with Gasteiger partial charge in [-0.1, -0.05) is 23.7 Å². The van der Waals surface area contributed by atoms with E-state index in [0.29, 0.717) is 23.1 Å². The molecule has 6 nitrogen and oxygen atoms in total. The Morgan fingerprint density at radius 1 is 1.38 bits per heavy atom. The summed E-state index contributed by atoms with van der Waals surface area (Å²) in [5, 5.41) is 19.7. The van der Waals surface area contributed by atoms with Gasteiger partial charge in [0.05, 0.1) is 25.4 Å². The normalized spacial score (nSPS) is 10.6. The van der Waals surface area contributed by atoms with Crippen LogP contribution in [0.25, 0.3) is 11.3 Å². The smallest absolute Gasteiger partial charge is 0.239 e. The van der Waals surface area contributed by atoms with Crippen LogP contribution >= 0.6 is 11.6 Å². The number of benzene rings is 1. The number of rotatable bonds is 6. The lowest BCUT2D eigenvalue weighted by molar-refractivity contribution is -0.115. The fraction of sp³-hybridized carbons (Fsp3) is 0.286. The van der Waals surface area contributed by atoms with Crippen molar-refractivity contribution in [2.75, 3.05) is 25.5 Å². The number of nitrogens with zero attached hydrogens (tertiary/aromatic N) is 2. The van der Waals surface area contributed by atoms with Crippen LogP contribution in [-0.2, 0) is 11.3 Å². The molecule has 7 heteroatoms. The van der Waals surface area contributed by atoms with Crippen molar-refractivity contribution in [1.29, 1.82) is 0 Å². The molecule has 0 aliphatic carbocycles. The summed E-state index contributed by atoms with van der Waals surface area (Å²) in [6.07, 6.45) is 0. The number of carbonyl (C=O) groups excluding carboxylic acids is 1. The van der Waals surface area contributed by atoms with Gasteiger partial charge in [-0.25, -0.2) is 4.68 Å². The van der Waals surface area contributed by atoms with Crippen molar-refractivity contribution in [3.8, 4) is 11.3 Å². The molecule has 21 heavy (non-hydrogen) atoms. The maximum atomic E-state index is 11.7. The average Bonchev–Trinajstić information content (AvgIpc) is 2.83. The third kappa shape index (κ3) is 4.04. The van der Waals surface area contributed by atoms with Gasteiger partial charge in [-0.05, 0) is 19.2 Å². The van der Waals surface area contributed by atoms with Crippen LogP contribution in [0.1, 0.15) is 0 Å². The number of aliphatic hydroxyl groups excluding tert-OH is 1. The Hall–Kier alpha value is -1.89. The Kier molecular flexibility index (Phi) is 5.32. The molecule has 0 aliphatic heterocycles. The topological polar surface area (TPSA) is 79.2 Å². The van der Waals surface area contributed by atoms with E-state index in [1.165, 1.54) is 0 Å². The number of nitrogens with one attached hydrogen (secondary N) is 2. The van der Waals surface area contributed by atoms with Gasteiger partial charge in [-0.3, -0.25) is 4.79 Å². The van der Waals surface area contributed by atoms with E-state index >= 15 is 0 Å². The maximum Gasteiger partial charge on any atom is 0.239 e. The van der Waals surface area contributed by atoms with Gasteiger partial charge in [-0.15, -0.1) is 0 Å². The van der Waals surface area contributed by atoms with E-state index in [9.17, 15) is 4.79 Å². The van der Waals surface area contributed by atoms with Gasteiger partial charge in [-0.2, -0.15) is 5.10 Å². The summed E-state index contributed by atoms with van der Waals surface area (Å²) in [7, 11) is 1.70. The molecular formula is C14H17ClN4O2. The van der Waals surface area contributed by atoms with Gasteiger partial charge in [0.15, 0.2) is 0 Å². The SMILES string of the molecule is CNCC(=O)Nc1cc(-c2ccc(Cl)cc2)nn1CCO. The van der Waals surface area contributed by atoms with E-state index in [-0.39, 0.29) is 19.1 Å². The van der Waals surface area contributed by atoms with E-state index in [1.54, 1.807) is 29.9 Å². The molecule has 1 heterocycles. The second kappa shape index (κ2) is 7.21. The lowest BCUT2D eigenvalue weighted by Gasteiger charge is -2.06. The van der Waals surface area contributed by atoms with Crippen molar-refractivity contribution in [3.63, 3.8) is 0 Å². The van der Waals surface area contributed by atoms with E-state index in [1.807, 2.05) is 12.1 Å². The van der Waals surface area contributed by atoms with Crippen molar-refractivity contribution in [2.24, 2.45) is 0 Å². The zero-order chi connectivity index (χ0) is 15.2. The number of amides is 1. The van der Waals surface area contributed by atoms with Gasteiger partial charge in [0.2, 0.25) is 5.91 Å². The van der Waals surface area contributed by atoms with Crippen LogP contribution in [-0.4, -0.2) is 41.0 Å². The molecule has 0 atom stereocenters. The minimum absolute atomic E-state index is 0.0589. The van der Waals surface area contributed by atoms with Gasteiger partial charge in [0.1, 0.15) is 5.82 Å². The Labute approximate surface area is 127 Å². The number of halogens is 1. The first-order chi connectivity index (χ1) is 10.1. The van der Waals surface area contributed by atoms with Gasteiger partial charge in [0, 0.05) is 16.7 Å². The minimum Gasteiger partial charge on any atom is -0.394 e. The number of carbonyl (C=O) groups is 1. The number of aromatic nitrogens is 2. The highest BCUT2D eigenvalue weighted by atomic mass is 35.5. The zero-order valence-corrected chi connectivity index (χ0v) is 12.4. The van der Waals surface area contributed by atoms with Crippen molar-refractivity contribution in [3.05, 3.63) is 35.4 Å². The molecule has 1 aromatic heterocycles. The van der Waals surface area contributed by atoms with Gasteiger partial charge >= 0.3 is 0 Å². The fourth-order valence-corrected chi connectivity index (χ4v) is 2.02. The predicted molar refractivity (Wildman–Crippen MR) is 82.3 cm³/mol. The van der Waals surface area contributed by atoms with E-state index in [2.05, 4.69) is 15.7 Å². The summed E-state index contributed by atoms with van der Waals surface area (Å²) in [5.41, 5.74) is 1.60. The molecule has 0 radical (unpaired) electrons. The summed E-state index contributed by atoms with van der Waals surface area (Å²) in [4.78, 5) is 11.7. The van der Waals surface area contributed by atoms with Crippen LogP contribution in [0.3, 0.4) is 0 Å². The second-order valence-corrected chi connectivity index (χ2v) is 4.88. The predicted octanol–water partition coefficient (Wildman–Crippen LogP) is 1.35. The Balaban J connectivity index is 2.27. The number of hydrogen-bond acceptors (Lipinski definition) is 4.